The summed E-state index contributed by atoms with van der Waals surface area (Å²) in [5.74, 6) is 0.540. The van der Waals surface area contributed by atoms with Crippen molar-refractivity contribution in [3.8, 4) is 5.75 Å². The van der Waals surface area contributed by atoms with E-state index in [0.29, 0.717) is 16.3 Å². The van der Waals surface area contributed by atoms with Gasteiger partial charge in [0, 0.05) is 23.9 Å². The first kappa shape index (κ1) is 15.3. The molecule has 6 heteroatoms. The van der Waals surface area contributed by atoms with E-state index < -0.39 is 4.92 Å². The summed E-state index contributed by atoms with van der Waals surface area (Å²) in [5, 5.41) is 14.2. The van der Waals surface area contributed by atoms with Crippen LogP contribution in [0.2, 0.25) is 0 Å². The van der Waals surface area contributed by atoms with E-state index in [2.05, 4.69) is 35.1 Å². The molecule has 0 aromatic heterocycles. The van der Waals surface area contributed by atoms with Gasteiger partial charge in [0.25, 0.3) is 5.69 Å². The molecular weight excluding hydrogens is 324 g/mol. The summed E-state index contributed by atoms with van der Waals surface area (Å²) >= 11 is 3.27. The molecule has 0 amide bonds. The molecule has 1 aliphatic carbocycles. The Morgan fingerprint density at radius 2 is 2.30 bits per heavy atom. The SMILES string of the molecule is CCC1(C)C(NC)CC1Oc1cccc([N+](=O)[O-])c1Br. The molecule has 2 rings (SSSR count). The van der Waals surface area contributed by atoms with Crippen LogP contribution in [0.5, 0.6) is 5.75 Å². The highest BCUT2D eigenvalue weighted by Crippen LogP contribution is 2.47. The van der Waals surface area contributed by atoms with Crippen molar-refractivity contribution < 1.29 is 9.66 Å². The van der Waals surface area contributed by atoms with Crippen molar-refractivity contribution in [3.05, 3.63) is 32.8 Å². The molecule has 1 aliphatic rings. The molecule has 5 nitrogen and oxygen atoms in total. The van der Waals surface area contributed by atoms with E-state index in [1.165, 1.54) is 6.07 Å². The highest BCUT2D eigenvalue weighted by Gasteiger charge is 2.51. The molecule has 0 spiro atoms. The van der Waals surface area contributed by atoms with Gasteiger partial charge in [0.05, 0.1) is 4.92 Å². The van der Waals surface area contributed by atoms with Crippen molar-refractivity contribution in [1.82, 2.24) is 5.32 Å². The zero-order chi connectivity index (χ0) is 14.9. The molecule has 1 saturated carbocycles. The maximum Gasteiger partial charge on any atom is 0.287 e. The lowest BCUT2D eigenvalue weighted by molar-refractivity contribution is -0.385. The largest absolute Gasteiger partial charge is 0.488 e. The molecule has 0 saturated heterocycles. The summed E-state index contributed by atoms with van der Waals surface area (Å²) < 4.78 is 6.43. The van der Waals surface area contributed by atoms with Crippen molar-refractivity contribution in [2.75, 3.05) is 7.05 Å². The molecule has 1 aromatic carbocycles. The van der Waals surface area contributed by atoms with Gasteiger partial charge in [0.2, 0.25) is 0 Å². The second-order valence-electron chi connectivity index (χ2n) is 5.39. The number of nitrogens with zero attached hydrogens (tertiary/aromatic N) is 1. The van der Waals surface area contributed by atoms with E-state index in [1.807, 2.05) is 7.05 Å². The lowest BCUT2D eigenvalue weighted by Gasteiger charge is -2.53. The predicted molar refractivity (Wildman–Crippen MR) is 81.1 cm³/mol. The molecule has 1 aromatic rings. The summed E-state index contributed by atoms with van der Waals surface area (Å²) in [4.78, 5) is 10.5. The van der Waals surface area contributed by atoms with Crippen LogP contribution in [-0.4, -0.2) is 24.1 Å². The normalized spacial score (nSPS) is 28.8. The fourth-order valence-electron chi connectivity index (χ4n) is 2.81. The Hall–Kier alpha value is -1.14. The summed E-state index contributed by atoms with van der Waals surface area (Å²) in [6.45, 7) is 4.33. The first-order valence-electron chi connectivity index (χ1n) is 6.70. The Morgan fingerprint density at radius 3 is 2.85 bits per heavy atom. The Labute approximate surface area is 127 Å². The zero-order valence-electron chi connectivity index (χ0n) is 11.9. The van der Waals surface area contributed by atoms with Gasteiger partial charge in [-0.15, -0.1) is 0 Å². The van der Waals surface area contributed by atoms with Crippen molar-refractivity contribution in [2.24, 2.45) is 5.41 Å². The number of nitro groups is 1. The van der Waals surface area contributed by atoms with Crippen LogP contribution >= 0.6 is 15.9 Å². The lowest BCUT2D eigenvalue weighted by atomic mass is 9.61. The number of halogens is 1. The summed E-state index contributed by atoms with van der Waals surface area (Å²) in [7, 11) is 1.96. The fourth-order valence-corrected chi connectivity index (χ4v) is 3.31. The van der Waals surface area contributed by atoms with Gasteiger partial charge in [-0.2, -0.15) is 0 Å². The second-order valence-corrected chi connectivity index (χ2v) is 6.18. The number of nitrogens with one attached hydrogen (secondary N) is 1. The summed E-state index contributed by atoms with van der Waals surface area (Å²) in [6, 6.07) is 5.30. The average molecular weight is 343 g/mol. The Bertz CT molecular complexity index is 523. The van der Waals surface area contributed by atoms with Crippen molar-refractivity contribution in [1.29, 1.82) is 0 Å². The smallest absolute Gasteiger partial charge is 0.287 e. The van der Waals surface area contributed by atoms with Crippen LogP contribution in [0, 0.1) is 15.5 Å². The maximum absolute atomic E-state index is 10.9. The molecule has 110 valence electrons. The number of hydrogen-bond acceptors (Lipinski definition) is 4. The highest BCUT2D eigenvalue weighted by molar-refractivity contribution is 9.10. The van der Waals surface area contributed by atoms with E-state index in [4.69, 9.17) is 4.74 Å². The quantitative estimate of drug-likeness (QED) is 0.656. The molecule has 0 heterocycles. The minimum Gasteiger partial charge on any atom is -0.488 e. The van der Waals surface area contributed by atoms with Crippen LogP contribution in [-0.2, 0) is 0 Å². The first-order valence-corrected chi connectivity index (χ1v) is 7.50. The van der Waals surface area contributed by atoms with Crippen LogP contribution in [0.3, 0.4) is 0 Å². The van der Waals surface area contributed by atoms with Gasteiger partial charge >= 0.3 is 0 Å². The minimum atomic E-state index is -0.410. The molecule has 0 aliphatic heterocycles. The van der Waals surface area contributed by atoms with E-state index in [0.717, 1.165) is 12.8 Å². The van der Waals surface area contributed by atoms with Crippen molar-refractivity contribution >= 4 is 21.6 Å². The second kappa shape index (κ2) is 5.69. The van der Waals surface area contributed by atoms with Gasteiger partial charge in [0.15, 0.2) is 0 Å². The minimum absolute atomic E-state index is 0.0326. The molecule has 20 heavy (non-hydrogen) atoms. The standard InChI is InChI=1S/C14H19BrN2O3/c1-4-14(2)11(16-3)8-12(14)20-10-7-5-6-9(13(10)15)17(18)19/h5-7,11-12,16H,4,8H2,1-3H3. The highest BCUT2D eigenvalue weighted by atomic mass is 79.9. The Morgan fingerprint density at radius 1 is 1.60 bits per heavy atom. The van der Waals surface area contributed by atoms with Crippen molar-refractivity contribution in [3.63, 3.8) is 0 Å². The van der Waals surface area contributed by atoms with Gasteiger partial charge in [-0.25, -0.2) is 0 Å². The number of hydrogen-bond donors (Lipinski definition) is 1. The van der Waals surface area contributed by atoms with Gasteiger partial charge in [-0.05, 0) is 35.5 Å². The molecule has 3 unspecified atom stereocenters. The van der Waals surface area contributed by atoms with Gasteiger partial charge in [0.1, 0.15) is 16.3 Å². The van der Waals surface area contributed by atoms with Gasteiger partial charge in [-0.1, -0.05) is 19.9 Å². The average Bonchev–Trinajstić information content (AvgIpc) is 2.43. The summed E-state index contributed by atoms with van der Waals surface area (Å²) in [5.41, 5.74) is 0.0870. The molecular formula is C14H19BrN2O3. The lowest BCUT2D eigenvalue weighted by Crippen LogP contribution is -2.62. The number of nitro benzene ring substituents is 1. The van der Waals surface area contributed by atoms with Crippen molar-refractivity contribution in [2.45, 2.75) is 38.8 Å². The number of rotatable bonds is 5. The van der Waals surface area contributed by atoms with E-state index in [-0.39, 0.29) is 17.2 Å². The molecule has 3 atom stereocenters. The van der Waals surface area contributed by atoms with Crippen LogP contribution in [0.15, 0.2) is 22.7 Å². The van der Waals surface area contributed by atoms with Gasteiger partial charge < -0.3 is 10.1 Å². The third-order valence-electron chi connectivity index (χ3n) is 4.50. The Kier molecular flexibility index (Phi) is 4.34. The van der Waals surface area contributed by atoms with E-state index >= 15 is 0 Å². The van der Waals surface area contributed by atoms with E-state index in [9.17, 15) is 10.1 Å². The molecule has 1 N–H and O–H groups in total. The Balaban J connectivity index is 2.20. The number of benzene rings is 1. The third-order valence-corrected chi connectivity index (χ3v) is 5.30. The molecule has 0 radical (unpaired) electrons. The molecule has 0 bridgehead atoms. The van der Waals surface area contributed by atoms with Crippen LogP contribution in [0.1, 0.15) is 26.7 Å². The zero-order valence-corrected chi connectivity index (χ0v) is 13.4. The third kappa shape index (κ3) is 2.42. The van der Waals surface area contributed by atoms with Crippen LogP contribution < -0.4 is 10.1 Å². The first-order chi connectivity index (χ1) is 9.43. The fraction of sp³-hybridized carbons (Fsp3) is 0.571. The van der Waals surface area contributed by atoms with Crippen LogP contribution in [0.25, 0.3) is 0 Å². The van der Waals surface area contributed by atoms with E-state index in [1.54, 1.807) is 12.1 Å². The maximum atomic E-state index is 10.9. The predicted octanol–water partition coefficient (Wildman–Crippen LogP) is 3.51. The van der Waals surface area contributed by atoms with Gasteiger partial charge in [-0.3, -0.25) is 10.1 Å². The molecule has 1 fully saturated rings. The monoisotopic (exact) mass is 342 g/mol. The number of ether oxygens (including phenoxy) is 1. The topological polar surface area (TPSA) is 64.4 Å². The summed E-state index contributed by atoms with van der Waals surface area (Å²) in [6.07, 6.45) is 1.98. The van der Waals surface area contributed by atoms with Crippen LogP contribution in [0.4, 0.5) is 5.69 Å².